The molecule has 26 heavy (non-hydrogen) atoms. The van der Waals surface area contributed by atoms with E-state index in [0.717, 1.165) is 17.9 Å². The van der Waals surface area contributed by atoms with Crippen molar-refractivity contribution >= 4 is 29.9 Å². The van der Waals surface area contributed by atoms with Gasteiger partial charge in [-0.05, 0) is 29.7 Å². The van der Waals surface area contributed by atoms with Crippen LogP contribution in [0.3, 0.4) is 0 Å². The zero-order chi connectivity index (χ0) is 17.8. The van der Waals surface area contributed by atoms with E-state index in [-0.39, 0.29) is 35.5 Å². The summed E-state index contributed by atoms with van der Waals surface area (Å²) in [4.78, 5) is 6.36. The monoisotopic (exact) mass is 469 g/mol. The standard InChI is InChI=1S/C20H24FN3O.HI/c1-22-20(23-18-12-16(18)15-7-5-4-6-8-15)24(2)13-14-9-10-19(25-3)17(21)11-14;/h4-11,16,18H,12-13H2,1-3H3,(H,22,23);1H. The number of hydrogen-bond acceptors (Lipinski definition) is 2. The molecule has 0 aromatic heterocycles. The predicted molar refractivity (Wildman–Crippen MR) is 114 cm³/mol. The molecule has 6 heteroatoms. The van der Waals surface area contributed by atoms with Gasteiger partial charge in [0.1, 0.15) is 0 Å². The molecule has 3 rings (SSSR count). The molecule has 2 aromatic rings. The summed E-state index contributed by atoms with van der Waals surface area (Å²) >= 11 is 0. The molecule has 1 aliphatic carbocycles. The van der Waals surface area contributed by atoms with Crippen LogP contribution in [0.2, 0.25) is 0 Å². The molecular weight excluding hydrogens is 444 g/mol. The normalized spacial score (nSPS) is 18.7. The van der Waals surface area contributed by atoms with Crippen molar-refractivity contribution in [3.8, 4) is 5.75 Å². The highest BCUT2D eigenvalue weighted by Crippen LogP contribution is 2.40. The molecule has 1 fully saturated rings. The molecule has 1 aliphatic rings. The number of hydrogen-bond donors (Lipinski definition) is 1. The van der Waals surface area contributed by atoms with Gasteiger partial charge in [0.05, 0.1) is 7.11 Å². The van der Waals surface area contributed by atoms with Crippen molar-refractivity contribution in [2.75, 3.05) is 21.2 Å². The molecule has 1 saturated carbocycles. The van der Waals surface area contributed by atoms with Crippen LogP contribution in [-0.4, -0.2) is 38.1 Å². The van der Waals surface area contributed by atoms with Gasteiger partial charge in [-0.15, -0.1) is 24.0 Å². The average Bonchev–Trinajstić information content (AvgIpc) is 3.40. The van der Waals surface area contributed by atoms with Gasteiger partial charge in [-0.25, -0.2) is 4.39 Å². The lowest BCUT2D eigenvalue weighted by Gasteiger charge is -2.22. The van der Waals surface area contributed by atoms with E-state index in [1.54, 1.807) is 13.1 Å². The van der Waals surface area contributed by atoms with Crippen LogP contribution in [-0.2, 0) is 6.54 Å². The molecule has 0 radical (unpaired) electrons. The fourth-order valence-electron chi connectivity index (χ4n) is 3.09. The largest absolute Gasteiger partial charge is 0.494 e. The molecule has 0 bridgehead atoms. The van der Waals surface area contributed by atoms with Crippen LogP contribution in [0.4, 0.5) is 4.39 Å². The summed E-state index contributed by atoms with van der Waals surface area (Å²) < 4.78 is 18.8. The maximum atomic E-state index is 13.9. The minimum absolute atomic E-state index is 0. The number of nitrogens with one attached hydrogen (secondary N) is 1. The summed E-state index contributed by atoms with van der Waals surface area (Å²) in [7, 11) is 5.19. The minimum Gasteiger partial charge on any atom is -0.494 e. The van der Waals surface area contributed by atoms with Gasteiger partial charge < -0.3 is 15.0 Å². The van der Waals surface area contributed by atoms with Gasteiger partial charge in [-0.2, -0.15) is 0 Å². The third-order valence-corrected chi connectivity index (χ3v) is 4.54. The average molecular weight is 469 g/mol. The summed E-state index contributed by atoms with van der Waals surface area (Å²) in [6, 6.07) is 15.9. The van der Waals surface area contributed by atoms with Crippen LogP contribution in [0.1, 0.15) is 23.5 Å². The Balaban J connectivity index is 0.00000243. The zero-order valence-corrected chi connectivity index (χ0v) is 17.6. The Morgan fingerprint density at radius 2 is 2.00 bits per heavy atom. The van der Waals surface area contributed by atoms with Gasteiger partial charge in [0.25, 0.3) is 0 Å². The van der Waals surface area contributed by atoms with Crippen molar-refractivity contribution in [2.24, 2.45) is 4.99 Å². The highest BCUT2D eigenvalue weighted by atomic mass is 127. The number of aliphatic imine (C=N–C) groups is 1. The van der Waals surface area contributed by atoms with Gasteiger partial charge >= 0.3 is 0 Å². The molecule has 2 aromatic carbocycles. The SMILES string of the molecule is CN=C(NC1CC1c1ccccc1)N(C)Cc1ccc(OC)c(F)c1.I. The van der Waals surface area contributed by atoms with Gasteiger partial charge in [-0.1, -0.05) is 36.4 Å². The minimum atomic E-state index is -0.345. The van der Waals surface area contributed by atoms with Gasteiger partial charge in [-0.3, -0.25) is 4.99 Å². The van der Waals surface area contributed by atoms with E-state index in [4.69, 9.17) is 4.74 Å². The topological polar surface area (TPSA) is 36.9 Å². The Morgan fingerprint density at radius 3 is 2.62 bits per heavy atom. The highest BCUT2D eigenvalue weighted by molar-refractivity contribution is 14.0. The van der Waals surface area contributed by atoms with Crippen molar-refractivity contribution in [2.45, 2.75) is 24.9 Å². The number of halogens is 2. The molecule has 1 N–H and O–H groups in total. The molecule has 0 heterocycles. The Hall–Kier alpha value is -1.83. The van der Waals surface area contributed by atoms with Crippen molar-refractivity contribution in [3.63, 3.8) is 0 Å². The number of guanidine groups is 1. The third kappa shape index (κ3) is 4.87. The summed E-state index contributed by atoms with van der Waals surface area (Å²) in [5, 5.41) is 3.50. The lowest BCUT2D eigenvalue weighted by molar-refractivity contribution is 0.385. The number of benzene rings is 2. The van der Waals surface area contributed by atoms with Gasteiger partial charge in [0, 0.05) is 32.6 Å². The number of methoxy groups -OCH3 is 1. The molecule has 140 valence electrons. The second-order valence-electron chi connectivity index (χ2n) is 6.38. The van der Waals surface area contributed by atoms with E-state index in [1.165, 1.54) is 18.7 Å². The maximum Gasteiger partial charge on any atom is 0.193 e. The van der Waals surface area contributed by atoms with E-state index < -0.39 is 0 Å². The van der Waals surface area contributed by atoms with E-state index >= 15 is 0 Å². The summed E-state index contributed by atoms with van der Waals surface area (Å²) in [5.41, 5.74) is 2.23. The van der Waals surface area contributed by atoms with Crippen molar-refractivity contribution in [3.05, 3.63) is 65.5 Å². The quantitative estimate of drug-likeness (QED) is 0.409. The van der Waals surface area contributed by atoms with Crippen molar-refractivity contribution in [1.82, 2.24) is 10.2 Å². The van der Waals surface area contributed by atoms with Crippen LogP contribution in [0.5, 0.6) is 5.75 Å². The third-order valence-electron chi connectivity index (χ3n) is 4.54. The molecule has 0 aliphatic heterocycles. The Morgan fingerprint density at radius 1 is 1.27 bits per heavy atom. The summed E-state index contributed by atoms with van der Waals surface area (Å²) in [6.07, 6.45) is 1.11. The molecule has 2 atom stereocenters. The van der Waals surface area contributed by atoms with E-state index in [1.807, 2.05) is 24.1 Å². The van der Waals surface area contributed by atoms with Crippen molar-refractivity contribution < 1.29 is 9.13 Å². The number of ether oxygens (including phenoxy) is 1. The molecular formula is C20H25FIN3O. The predicted octanol–water partition coefficient (Wildman–Crippen LogP) is 4.02. The lowest BCUT2D eigenvalue weighted by Crippen LogP contribution is -2.40. The first kappa shape index (κ1) is 20.5. The fraction of sp³-hybridized carbons (Fsp3) is 0.350. The Kier molecular flexibility index (Phi) is 7.25. The molecule has 0 amide bonds. The zero-order valence-electron chi connectivity index (χ0n) is 15.3. The van der Waals surface area contributed by atoms with E-state index in [2.05, 4.69) is 34.6 Å². The molecule has 2 unspecified atom stereocenters. The molecule has 0 spiro atoms. The van der Waals surface area contributed by atoms with Crippen LogP contribution in [0.15, 0.2) is 53.5 Å². The molecule has 4 nitrogen and oxygen atoms in total. The Bertz CT molecular complexity index is 754. The second-order valence-corrected chi connectivity index (χ2v) is 6.38. The maximum absolute atomic E-state index is 13.9. The molecule has 0 saturated heterocycles. The highest BCUT2D eigenvalue weighted by Gasteiger charge is 2.39. The van der Waals surface area contributed by atoms with Gasteiger partial charge in [0.2, 0.25) is 0 Å². The fourth-order valence-corrected chi connectivity index (χ4v) is 3.09. The van der Waals surface area contributed by atoms with Crippen molar-refractivity contribution in [1.29, 1.82) is 0 Å². The van der Waals surface area contributed by atoms with Crippen LogP contribution in [0, 0.1) is 5.82 Å². The summed E-state index contributed by atoms with van der Waals surface area (Å²) in [6.45, 7) is 0.573. The Labute approximate surface area is 171 Å². The first-order valence-corrected chi connectivity index (χ1v) is 8.44. The first-order valence-electron chi connectivity index (χ1n) is 8.44. The first-order chi connectivity index (χ1) is 12.1. The van der Waals surface area contributed by atoms with E-state index in [9.17, 15) is 4.39 Å². The second kappa shape index (κ2) is 9.21. The lowest BCUT2D eigenvalue weighted by atomic mass is 10.1. The van der Waals surface area contributed by atoms with Gasteiger partial charge in [0.15, 0.2) is 17.5 Å². The summed E-state index contributed by atoms with van der Waals surface area (Å²) in [5.74, 6) is 1.27. The smallest absolute Gasteiger partial charge is 0.193 e. The van der Waals surface area contributed by atoms with Crippen LogP contribution >= 0.6 is 24.0 Å². The van der Waals surface area contributed by atoms with Crippen LogP contribution in [0.25, 0.3) is 0 Å². The number of nitrogens with zero attached hydrogens (tertiary/aromatic N) is 2. The van der Waals surface area contributed by atoms with Crippen LogP contribution < -0.4 is 10.1 Å². The van der Waals surface area contributed by atoms with E-state index in [0.29, 0.717) is 18.5 Å². The number of rotatable bonds is 5.